The van der Waals surface area contributed by atoms with E-state index in [1.165, 1.54) is 42.7 Å². The number of hydrogen-bond donors (Lipinski definition) is 1. The molecule has 0 aliphatic heterocycles. The molecule has 0 spiro atoms. The molecule has 10 heteroatoms. The van der Waals surface area contributed by atoms with Gasteiger partial charge in [-0.3, -0.25) is 4.79 Å². The van der Waals surface area contributed by atoms with Gasteiger partial charge >= 0.3 is 0 Å². The van der Waals surface area contributed by atoms with E-state index >= 15 is 0 Å². The van der Waals surface area contributed by atoms with E-state index in [0.717, 1.165) is 0 Å². The maximum absolute atomic E-state index is 14.6. The number of rotatable bonds is 4. The van der Waals surface area contributed by atoms with Crippen molar-refractivity contribution in [3.63, 3.8) is 0 Å². The van der Waals surface area contributed by atoms with E-state index in [1.54, 1.807) is 36.7 Å². The molecule has 0 aliphatic carbocycles. The monoisotopic (exact) mass is 462 g/mol. The second-order valence-electron chi connectivity index (χ2n) is 8.09. The summed E-state index contributed by atoms with van der Waals surface area (Å²) in [6, 6.07) is 8.99. The molecule has 34 heavy (non-hydrogen) atoms. The van der Waals surface area contributed by atoms with Crippen LogP contribution < -0.4 is 16.1 Å². The highest BCUT2D eigenvalue weighted by atomic mass is 19.1. The molecule has 1 unspecified atom stereocenters. The van der Waals surface area contributed by atoms with Crippen LogP contribution in [0, 0.1) is 11.6 Å². The predicted molar refractivity (Wildman–Crippen MR) is 126 cm³/mol. The highest BCUT2D eigenvalue weighted by molar-refractivity contribution is 5.96. The Morgan fingerprint density at radius 1 is 1.09 bits per heavy atom. The molecule has 1 atom stereocenters. The van der Waals surface area contributed by atoms with Crippen LogP contribution in [0.5, 0.6) is 0 Å². The van der Waals surface area contributed by atoms with Crippen molar-refractivity contribution in [2.45, 2.75) is 13.0 Å². The van der Waals surface area contributed by atoms with Gasteiger partial charge in [0, 0.05) is 14.1 Å². The van der Waals surface area contributed by atoms with E-state index in [0.29, 0.717) is 16.9 Å². The van der Waals surface area contributed by atoms with Gasteiger partial charge in [-0.15, -0.1) is 0 Å². The number of nitrogens with zero attached hydrogens (tertiary/aromatic N) is 5. The van der Waals surface area contributed by atoms with Crippen LogP contribution in [-0.2, 0) is 0 Å². The van der Waals surface area contributed by atoms with Crippen molar-refractivity contribution in [3.8, 4) is 11.1 Å². The van der Waals surface area contributed by atoms with Crippen LogP contribution in [0.4, 0.5) is 20.4 Å². The van der Waals surface area contributed by atoms with Crippen LogP contribution in [-0.4, -0.2) is 33.8 Å². The number of nitrogen functional groups attached to an aromatic ring is 1. The summed E-state index contributed by atoms with van der Waals surface area (Å²) in [5.41, 5.74) is 6.31. The predicted octanol–water partition coefficient (Wildman–Crippen LogP) is 4.14. The molecule has 0 saturated carbocycles. The molecule has 3 aromatic heterocycles. The summed E-state index contributed by atoms with van der Waals surface area (Å²) in [5, 5.41) is 4.99. The van der Waals surface area contributed by atoms with Gasteiger partial charge in [-0.05, 0) is 36.8 Å². The Kier molecular flexibility index (Phi) is 5.00. The summed E-state index contributed by atoms with van der Waals surface area (Å²) in [4.78, 5) is 23.7. The number of hydrogen-bond acceptors (Lipinski definition) is 7. The van der Waals surface area contributed by atoms with E-state index < -0.39 is 23.1 Å². The van der Waals surface area contributed by atoms with Crippen LogP contribution in [0.3, 0.4) is 0 Å². The van der Waals surface area contributed by atoms with Gasteiger partial charge in [0.2, 0.25) is 5.43 Å². The van der Waals surface area contributed by atoms with Crippen LogP contribution >= 0.6 is 0 Å². The van der Waals surface area contributed by atoms with Crippen molar-refractivity contribution < 1.29 is 13.2 Å². The van der Waals surface area contributed by atoms with Gasteiger partial charge in [-0.1, -0.05) is 18.2 Å². The summed E-state index contributed by atoms with van der Waals surface area (Å²) in [7, 11) is 3.61. The number of benzene rings is 2. The first-order chi connectivity index (χ1) is 16.3. The minimum absolute atomic E-state index is 0.0432. The first kappa shape index (κ1) is 21.5. The molecule has 3 heterocycles. The summed E-state index contributed by atoms with van der Waals surface area (Å²) < 4.78 is 36.4. The summed E-state index contributed by atoms with van der Waals surface area (Å²) in [5.74, 6) is -0.298. The minimum atomic E-state index is -0.719. The Labute approximate surface area is 192 Å². The maximum atomic E-state index is 14.6. The first-order valence-electron chi connectivity index (χ1n) is 10.4. The summed E-state index contributed by atoms with van der Waals surface area (Å²) >= 11 is 0. The van der Waals surface area contributed by atoms with Crippen molar-refractivity contribution >= 4 is 33.6 Å². The average Bonchev–Trinajstić information content (AvgIpc) is 3.20. The molecule has 8 nitrogen and oxygen atoms in total. The third-order valence-electron chi connectivity index (χ3n) is 5.68. The Hall–Kier alpha value is -4.34. The molecule has 2 aromatic carbocycles. The fourth-order valence-electron chi connectivity index (χ4n) is 4.10. The molecule has 0 saturated heterocycles. The van der Waals surface area contributed by atoms with E-state index in [2.05, 4.69) is 15.1 Å². The van der Waals surface area contributed by atoms with E-state index in [1.807, 2.05) is 0 Å². The zero-order valence-electron chi connectivity index (χ0n) is 18.6. The molecule has 5 aromatic rings. The number of nitrogens with two attached hydrogens (primary N) is 1. The van der Waals surface area contributed by atoms with Gasteiger partial charge in [-0.2, -0.15) is 5.10 Å². The van der Waals surface area contributed by atoms with Gasteiger partial charge in [0.1, 0.15) is 51.9 Å². The lowest BCUT2D eigenvalue weighted by Crippen LogP contribution is -2.17. The second kappa shape index (κ2) is 7.91. The normalized spacial score (nSPS) is 12.4. The molecule has 0 fully saturated rings. The number of halogens is 2. The Balaban J connectivity index is 1.85. The highest BCUT2D eigenvalue weighted by Gasteiger charge is 2.27. The smallest absolute Gasteiger partial charge is 0.203 e. The second-order valence-corrected chi connectivity index (χ2v) is 8.09. The zero-order chi connectivity index (χ0) is 24.1. The lowest BCUT2D eigenvalue weighted by atomic mass is 9.99. The van der Waals surface area contributed by atoms with Gasteiger partial charge in [-0.25, -0.2) is 23.4 Å². The largest absolute Gasteiger partial charge is 0.458 e. The van der Waals surface area contributed by atoms with Gasteiger partial charge in [0.15, 0.2) is 11.5 Å². The first-order valence-corrected chi connectivity index (χ1v) is 10.4. The van der Waals surface area contributed by atoms with Crippen LogP contribution in [0.2, 0.25) is 0 Å². The molecular formula is C24H20F2N6O2. The SMILES string of the molecule is CC(c1oc2cccc(F)c2c(=O)c1-c1cccc(F)c1)n1nc(N(C)C)c2c(N)ncnc21. The Bertz CT molecular complexity index is 1630. The standard InChI is InChI=1S/C24H20F2N6O2/c1-12(32-23-19(22(27)28-11-29-23)24(30-32)31(2)3)21-17(13-6-4-7-14(25)10-13)20(33)18-15(26)8-5-9-16(18)34-21/h4-12H,1-3H3,(H2,27,28,29). The third kappa shape index (κ3) is 3.26. The van der Waals surface area contributed by atoms with Crippen LogP contribution in [0.1, 0.15) is 18.7 Å². The molecule has 0 amide bonds. The Morgan fingerprint density at radius 2 is 1.85 bits per heavy atom. The quantitative estimate of drug-likeness (QED) is 0.428. The third-order valence-corrected chi connectivity index (χ3v) is 5.68. The number of fused-ring (bicyclic) bond motifs is 2. The van der Waals surface area contributed by atoms with E-state index in [-0.39, 0.29) is 33.7 Å². The van der Waals surface area contributed by atoms with Gasteiger partial charge in [0.05, 0.1) is 5.56 Å². The van der Waals surface area contributed by atoms with Crippen molar-refractivity contribution in [1.29, 1.82) is 0 Å². The van der Waals surface area contributed by atoms with Crippen LogP contribution in [0.25, 0.3) is 33.1 Å². The van der Waals surface area contributed by atoms with E-state index in [9.17, 15) is 13.6 Å². The molecule has 0 bridgehead atoms. The zero-order valence-corrected chi connectivity index (χ0v) is 18.6. The summed E-state index contributed by atoms with van der Waals surface area (Å²) in [6.07, 6.45) is 1.32. The fraction of sp³-hybridized carbons (Fsp3) is 0.167. The lowest BCUT2D eigenvalue weighted by Gasteiger charge is -2.17. The molecule has 2 N–H and O–H groups in total. The fourth-order valence-corrected chi connectivity index (χ4v) is 4.10. The highest BCUT2D eigenvalue weighted by Crippen LogP contribution is 2.35. The van der Waals surface area contributed by atoms with Gasteiger partial charge in [0.25, 0.3) is 0 Å². The molecule has 0 radical (unpaired) electrons. The lowest BCUT2D eigenvalue weighted by molar-refractivity contribution is 0.444. The number of aromatic nitrogens is 4. The summed E-state index contributed by atoms with van der Waals surface area (Å²) in [6.45, 7) is 1.76. The van der Waals surface area contributed by atoms with Crippen molar-refractivity contribution in [2.24, 2.45) is 0 Å². The molecule has 0 aliphatic rings. The topological polar surface area (TPSA) is 103 Å². The molecule has 5 rings (SSSR count). The van der Waals surface area contributed by atoms with Crippen molar-refractivity contribution in [3.05, 3.63) is 76.4 Å². The van der Waals surface area contributed by atoms with Crippen molar-refractivity contribution in [1.82, 2.24) is 19.7 Å². The average molecular weight is 462 g/mol. The minimum Gasteiger partial charge on any atom is -0.458 e. The molecular weight excluding hydrogens is 442 g/mol. The maximum Gasteiger partial charge on any atom is 0.203 e. The van der Waals surface area contributed by atoms with Crippen molar-refractivity contribution in [2.75, 3.05) is 24.7 Å². The molecule has 172 valence electrons. The van der Waals surface area contributed by atoms with E-state index in [4.69, 9.17) is 10.2 Å². The van der Waals surface area contributed by atoms with Gasteiger partial charge < -0.3 is 15.1 Å². The van der Waals surface area contributed by atoms with Crippen LogP contribution in [0.15, 0.2) is 58.0 Å². The Morgan fingerprint density at radius 3 is 2.59 bits per heavy atom. The number of anilines is 2.